The first kappa shape index (κ1) is 23.5. The van der Waals surface area contributed by atoms with E-state index in [2.05, 4.69) is 61.6 Å². The summed E-state index contributed by atoms with van der Waals surface area (Å²) in [6.07, 6.45) is 12.7. The molecule has 0 aliphatic heterocycles. The molecule has 0 unspecified atom stereocenters. The van der Waals surface area contributed by atoms with Crippen LogP contribution in [0.25, 0.3) is 17.0 Å². The first-order valence-electron chi connectivity index (χ1n) is 12.4. The minimum Gasteiger partial charge on any atom is -0.465 e. The van der Waals surface area contributed by atoms with Crippen molar-refractivity contribution in [1.82, 2.24) is 15.3 Å². The van der Waals surface area contributed by atoms with Gasteiger partial charge in [-0.1, -0.05) is 37.0 Å². The van der Waals surface area contributed by atoms with Crippen molar-refractivity contribution in [3.8, 4) is 0 Å². The molecule has 5 nitrogen and oxygen atoms in total. The Kier molecular flexibility index (Phi) is 8.16. The molecule has 176 valence electrons. The number of aromatic nitrogens is 2. The van der Waals surface area contributed by atoms with E-state index in [9.17, 15) is 0 Å². The number of anilines is 1. The van der Waals surface area contributed by atoms with Crippen molar-refractivity contribution in [2.75, 3.05) is 32.1 Å². The third kappa shape index (κ3) is 6.67. The Hall–Kier alpha value is -2.66. The number of nitrogens with one attached hydrogen (secondary N) is 1. The number of para-hydroxylation sites is 1. The molecule has 33 heavy (non-hydrogen) atoms. The van der Waals surface area contributed by atoms with E-state index >= 15 is 0 Å². The molecular weight excluding hydrogens is 408 g/mol. The van der Waals surface area contributed by atoms with Crippen molar-refractivity contribution in [3.05, 3.63) is 59.8 Å². The Bertz CT molecular complexity index is 1030. The molecule has 0 atom stereocenters. The highest BCUT2D eigenvalue weighted by Crippen LogP contribution is 2.32. The summed E-state index contributed by atoms with van der Waals surface area (Å²) < 4.78 is 5.39. The highest BCUT2D eigenvalue weighted by molar-refractivity contribution is 5.89. The van der Waals surface area contributed by atoms with E-state index in [0.717, 1.165) is 59.7 Å². The van der Waals surface area contributed by atoms with Crippen LogP contribution in [-0.2, 0) is 6.42 Å². The van der Waals surface area contributed by atoms with Crippen LogP contribution in [0.1, 0.15) is 57.0 Å². The van der Waals surface area contributed by atoms with Crippen LogP contribution in [-0.4, -0.2) is 37.2 Å². The Morgan fingerprint density at radius 3 is 2.61 bits per heavy atom. The molecule has 0 spiro atoms. The summed E-state index contributed by atoms with van der Waals surface area (Å²) in [4.78, 5) is 11.8. The number of aryl methyl sites for hydroxylation is 1. The number of rotatable bonds is 10. The SMILES string of the molecule is C/C(=C\c1ccco1)CNCC1CCC(CCCc2nc(N(C)C)c3ccccc3n2)CC1. The normalized spacial score (nSPS) is 19.2. The van der Waals surface area contributed by atoms with E-state index in [1.807, 2.05) is 12.1 Å². The molecular formula is C28H38N4O. The van der Waals surface area contributed by atoms with Crippen LogP contribution in [0.5, 0.6) is 0 Å². The lowest BCUT2D eigenvalue weighted by molar-refractivity contribution is 0.255. The van der Waals surface area contributed by atoms with Crippen molar-refractivity contribution in [3.63, 3.8) is 0 Å². The molecule has 1 fully saturated rings. The zero-order chi connectivity index (χ0) is 23.0. The van der Waals surface area contributed by atoms with Gasteiger partial charge in [-0.3, -0.25) is 0 Å². The second-order valence-corrected chi connectivity index (χ2v) is 9.79. The monoisotopic (exact) mass is 446 g/mol. The smallest absolute Gasteiger partial charge is 0.139 e. The van der Waals surface area contributed by atoms with Crippen LogP contribution in [0, 0.1) is 11.8 Å². The fourth-order valence-corrected chi connectivity index (χ4v) is 4.97. The van der Waals surface area contributed by atoms with Gasteiger partial charge in [-0.15, -0.1) is 0 Å². The van der Waals surface area contributed by atoms with Gasteiger partial charge in [0, 0.05) is 32.4 Å². The fraction of sp³-hybridized carbons (Fsp3) is 0.500. The maximum absolute atomic E-state index is 5.39. The Morgan fingerprint density at radius 1 is 1.06 bits per heavy atom. The summed E-state index contributed by atoms with van der Waals surface area (Å²) in [5.74, 6) is 4.60. The predicted molar refractivity (Wildman–Crippen MR) is 137 cm³/mol. The number of benzene rings is 1. The average molecular weight is 447 g/mol. The van der Waals surface area contributed by atoms with Gasteiger partial charge in [-0.05, 0) is 74.9 Å². The van der Waals surface area contributed by atoms with Gasteiger partial charge < -0.3 is 14.6 Å². The first-order valence-corrected chi connectivity index (χ1v) is 12.4. The van der Waals surface area contributed by atoms with Gasteiger partial charge in [0.1, 0.15) is 17.4 Å². The zero-order valence-electron chi connectivity index (χ0n) is 20.4. The molecule has 0 bridgehead atoms. The highest BCUT2D eigenvalue weighted by Gasteiger charge is 2.21. The fourth-order valence-electron chi connectivity index (χ4n) is 4.97. The maximum atomic E-state index is 5.39. The number of hydrogen-bond acceptors (Lipinski definition) is 5. The van der Waals surface area contributed by atoms with Crippen molar-refractivity contribution in [2.45, 2.75) is 51.9 Å². The summed E-state index contributed by atoms with van der Waals surface area (Å²) >= 11 is 0. The Labute approximate surface area is 198 Å². The standard InChI is InChI=1S/C28H38N4O/c1-21(18-24-9-7-17-33-24)19-29-20-23-15-13-22(14-16-23)8-6-12-27-30-26-11-5-4-10-25(26)28(31-27)32(2)3/h4-5,7,9-11,17-18,22-23,29H,6,8,12-16,19-20H2,1-3H3/b21-18+. The first-order chi connectivity index (χ1) is 16.1. The second-order valence-electron chi connectivity index (χ2n) is 9.79. The Balaban J connectivity index is 1.17. The molecule has 5 heteroatoms. The van der Waals surface area contributed by atoms with Crippen molar-refractivity contribution in [2.24, 2.45) is 11.8 Å². The van der Waals surface area contributed by atoms with Crippen molar-refractivity contribution >= 4 is 22.8 Å². The van der Waals surface area contributed by atoms with E-state index in [4.69, 9.17) is 14.4 Å². The van der Waals surface area contributed by atoms with Crippen LogP contribution in [0.2, 0.25) is 0 Å². The third-order valence-electron chi connectivity index (χ3n) is 6.80. The van der Waals surface area contributed by atoms with Gasteiger partial charge in [0.2, 0.25) is 0 Å². The van der Waals surface area contributed by atoms with Crippen LogP contribution < -0.4 is 10.2 Å². The molecule has 1 aromatic carbocycles. The number of nitrogens with zero attached hydrogens (tertiary/aromatic N) is 3. The molecule has 0 saturated heterocycles. The van der Waals surface area contributed by atoms with Gasteiger partial charge in [-0.25, -0.2) is 9.97 Å². The summed E-state index contributed by atoms with van der Waals surface area (Å²) in [5, 5.41) is 4.77. The summed E-state index contributed by atoms with van der Waals surface area (Å²) in [5.41, 5.74) is 2.36. The summed E-state index contributed by atoms with van der Waals surface area (Å²) in [7, 11) is 4.12. The third-order valence-corrected chi connectivity index (χ3v) is 6.80. The van der Waals surface area contributed by atoms with Gasteiger partial charge in [0.25, 0.3) is 0 Å². The van der Waals surface area contributed by atoms with E-state index in [0.29, 0.717) is 0 Å². The van der Waals surface area contributed by atoms with Crippen LogP contribution in [0.15, 0.2) is 52.7 Å². The van der Waals surface area contributed by atoms with Gasteiger partial charge in [0.05, 0.1) is 11.8 Å². The highest BCUT2D eigenvalue weighted by atomic mass is 16.3. The van der Waals surface area contributed by atoms with Gasteiger partial charge in [0.15, 0.2) is 0 Å². The summed E-state index contributed by atoms with van der Waals surface area (Å²) in [6, 6.07) is 12.3. The minimum absolute atomic E-state index is 0.809. The quantitative estimate of drug-likeness (QED) is 0.407. The van der Waals surface area contributed by atoms with Crippen LogP contribution in [0.4, 0.5) is 5.82 Å². The molecule has 3 aromatic rings. The molecule has 2 aromatic heterocycles. The maximum Gasteiger partial charge on any atom is 0.139 e. The molecule has 2 heterocycles. The molecule has 4 rings (SSSR count). The van der Waals surface area contributed by atoms with Crippen molar-refractivity contribution < 1.29 is 4.42 Å². The predicted octanol–water partition coefficient (Wildman–Crippen LogP) is 6.11. The van der Waals surface area contributed by atoms with Crippen LogP contribution >= 0.6 is 0 Å². The second kappa shape index (κ2) is 11.5. The van der Waals surface area contributed by atoms with E-state index in [-0.39, 0.29) is 0 Å². The lowest BCUT2D eigenvalue weighted by atomic mass is 9.80. The minimum atomic E-state index is 0.809. The van der Waals surface area contributed by atoms with E-state index in [1.54, 1.807) is 6.26 Å². The number of furan rings is 1. The van der Waals surface area contributed by atoms with Gasteiger partial charge >= 0.3 is 0 Å². The average Bonchev–Trinajstić information content (AvgIpc) is 3.32. The zero-order valence-corrected chi connectivity index (χ0v) is 20.4. The topological polar surface area (TPSA) is 54.2 Å². The van der Waals surface area contributed by atoms with Gasteiger partial charge in [-0.2, -0.15) is 0 Å². The lowest BCUT2D eigenvalue weighted by Crippen LogP contribution is -2.27. The molecule has 1 saturated carbocycles. The molecule has 1 aliphatic carbocycles. The number of hydrogen-bond donors (Lipinski definition) is 1. The van der Waals surface area contributed by atoms with Crippen molar-refractivity contribution in [1.29, 1.82) is 0 Å². The van der Waals surface area contributed by atoms with E-state index in [1.165, 1.54) is 44.1 Å². The molecule has 1 aliphatic rings. The molecule has 0 amide bonds. The Morgan fingerprint density at radius 2 is 1.85 bits per heavy atom. The molecule has 1 N–H and O–H groups in total. The lowest BCUT2D eigenvalue weighted by Gasteiger charge is -2.28. The largest absolute Gasteiger partial charge is 0.465 e. The summed E-state index contributed by atoms with van der Waals surface area (Å²) in [6.45, 7) is 4.21. The van der Waals surface area contributed by atoms with Crippen LogP contribution in [0.3, 0.4) is 0 Å². The molecule has 0 radical (unpaired) electrons. The van der Waals surface area contributed by atoms with E-state index < -0.39 is 0 Å². The number of fused-ring (bicyclic) bond motifs is 1.